The zero-order valence-corrected chi connectivity index (χ0v) is 17.1. The summed E-state index contributed by atoms with van der Waals surface area (Å²) in [7, 11) is 4.00. The van der Waals surface area contributed by atoms with Gasteiger partial charge < -0.3 is 27.7 Å². The van der Waals surface area contributed by atoms with E-state index in [0.29, 0.717) is 23.3 Å². The van der Waals surface area contributed by atoms with Gasteiger partial charge in [0.15, 0.2) is 5.78 Å². The highest BCUT2D eigenvalue weighted by Crippen LogP contribution is 2.27. The zero-order valence-electron chi connectivity index (χ0n) is 16.3. The monoisotopic (exact) mass is 403 g/mol. The largest absolute Gasteiger partial charge is 1.00 e. The van der Waals surface area contributed by atoms with Crippen molar-refractivity contribution in [2.45, 2.75) is 12.8 Å². The molecule has 3 rings (SSSR count). The molecule has 0 bridgehead atoms. The van der Waals surface area contributed by atoms with E-state index >= 15 is 0 Å². The van der Waals surface area contributed by atoms with Crippen LogP contribution >= 0.6 is 0 Å². The van der Waals surface area contributed by atoms with Gasteiger partial charge in [-0.2, -0.15) is 0 Å². The number of nitrogens with two attached hydrogens (primary N) is 1. The fourth-order valence-corrected chi connectivity index (χ4v) is 3.11. The third-order valence-electron chi connectivity index (χ3n) is 4.80. The van der Waals surface area contributed by atoms with Gasteiger partial charge >= 0.3 is 0 Å². The smallest absolute Gasteiger partial charge is 0.193 e. The first-order valence-corrected chi connectivity index (χ1v) is 9.01. The van der Waals surface area contributed by atoms with Crippen molar-refractivity contribution < 1.29 is 26.8 Å². The first-order chi connectivity index (χ1) is 12.8. The quantitative estimate of drug-likeness (QED) is 0.485. The second-order valence-corrected chi connectivity index (χ2v) is 7.52. The van der Waals surface area contributed by atoms with Gasteiger partial charge in [-0.15, -0.1) is 15.0 Å². The number of quaternary nitrogens is 1. The molecule has 0 aliphatic carbocycles. The van der Waals surface area contributed by atoms with Crippen LogP contribution in [-0.2, 0) is 4.79 Å². The molecule has 0 aliphatic heterocycles. The number of ketones is 1. The highest BCUT2D eigenvalue weighted by molar-refractivity contribution is 5.86. The lowest BCUT2D eigenvalue weighted by Gasteiger charge is -2.29. The molecule has 0 aliphatic rings. The number of aromatic nitrogens is 3. The van der Waals surface area contributed by atoms with E-state index in [4.69, 9.17) is 5.73 Å². The van der Waals surface area contributed by atoms with Crippen molar-refractivity contribution >= 4 is 16.8 Å². The third kappa shape index (κ3) is 4.67. The first-order valence-electron chi connectivity index (χ1n) is 9.01. The summed E-state index contributed by atoms with van der Waals surface area (Å²) < 4.78 is 0.552. The molecule has 1 unspecified atom stereocenters. The number of carbonyl (C=O) groups excluding carboxylic acids is 1. The highest BCUT2D eigenvalue weighted by atomic mass is 35.5. The summed E-state index contributed by atoms with van der Waals surface area (Å²) in [5, 5.41) is 19.1. The number of fused-ring (bicyclic) bond motifs is 1. The van der Waals surface area contributed by atoms with Crippen molar-refractivity contribution in [3.05, 3.63) is 48.0 Å². The van der Waals surface area contributed by atoms with Crippen LogP contribution in [0.5, 0.6) is 5.75 Å². The molecule has 0 spiro atoms. The topological polar surface area (TPSA) is 94.0 Å². The van der Waals surface area contributed by atoms with Gasteiger partial charge in [-0.25, -0.2) is 0 Å². The van der Waals surface area contributed by atoms with E-state index in [1.165, 1.54) is 4.80 Å². The van der Waals surface area contributed by atoms with Crippen LogP contribution in [0.2, 0.25) is 0 Å². The van der Waals surface area contributed by atoms with Gasteiger partial charge in [0, 0.05) is 12.5 Å². The lowest BCUT2D eigenvalue weighted by atomic mass is 9.95. The second kappa shape index (κ2) is 8.68. The number of Topliss-reactive ketones (excluding diaryl/α,β-unsaturated/α-hetero) is 1. The lowest BCUT2D eigenvalue weighted by Crippen LogP contribution is -3.00. The van der Waals surface area contributed by atoms with Gasteiger partial charge in [-0.1, -0.05) is 25.1 Å². The Labute approximate surface area is 170 Å². The van der Waals surface area contributed by atoms with E-state index in [-0.39, 0.29) is 29.9 Å². The van der Waals surface area contributed by atoms with E-state index in [1.54, 1.807) is 18.2 Å². The minimum Gasteiger partial charge on any atom is -1.00 e. The predicted molar refractivity (Wildman–Crippen MR) is 105 cm³/mol. The fraction of sp³-hybridized carbons (Fsp3) is 0.350. The van der Waals surface area contributed by atoms with Crippen LogP contribution in [0, 0.1) is 0 Å². The minimum absolute atomic E-state index is 0. The number of halogens is 1. The van der Waals surface area contributed by atoms with Crippen molar-refractivity contribution in [2.24, 2.45) is 5.73 Å². The summed E-state index contributed by atoms with van der Waals surface area (Å²) in [6.07, 6.45) is 0. The van der Waals surface area contributed by atoms with E-state index in [0.717, 1.165) is 23.1 Å². The summed E-state index contributed by atoms with van der Waals surface area (Å²) in [5.74, 6) is -0.105. The molecule has 150 valence electrons. The van der Waals surface area contributed by atoms with Crippen LogP contribution in [0.1, 0.15) is 18.4 Å². The Morgan fingerprint density at radius 3 is 2.36 bits per heavy atom. The van der Waals surface area contributed by atoms with Gasteiger partial charge in [-0.3, -0.25) is 4.79 Å². The van der Waals surface area contributed by atoms with E-state index in [2.05, 4.69) is 10.2 Å². The standard InChI is InChI=1S/C20H25N5O2.ClH/c1-14(20(27)13-25(2,3)11-10-21)15-8-9-19(26)18(12-15)24-22-16-6-4-5-7-17(16)23-24;/h4-9,12,14H,10-11,13,21H2,1-3H3;1H. The molecular weight excluding hydrogens is 378 g/mol. The normalized spacial score (nSPS) is 12.6. The summed E-state index contributed by atoms with van der Waals surface area (Å²) in [6, 6.07) is 12.6. The Kier molecular flexibility index (Phi) is 6.77. The number of benzene rings is 2. The molecule has 28 heavy (non-hydrogen) atoms. The van der Waals surface area contributed by atoms with Crippen LogP contribution in [0.15, 0.2) is 42.5 Å². The number of nitrogens with zero attached hydrogens (tertiary/aromatic N) is 4. The van der Waals surface area contributed by atoms with Crippen LogP contribution in [0.3, 0.4) is 0 Å². The second-order valence-electron chi connectivity index (χ2n) is 7.52. The van der Waals surface area contributed by atoms with Crippen LogP contribution in [-0.4, -0.2) is 64.1 Å². The Morgan fingerprint density at radius 2 is 1.79 bits per heavy atom. The first kappa shape index (κ1) is 21.8. The average molecular weight is 404 g/mol. The van der Waals surface area contributed by atoms with Crippen LogP contribution in [0.4, 0.5) is 0 Å². The van der Waals surface area contributed by atoms with Gasteiger partial charge in [0.05, 0.1) is 20.6 Å². The molecule has 0 amide bonds. The molecule has 0 saturated heterocycles. The van der Waals surface area contributed by atoms with Gasteiger partial charge in [0.25, 0.3) is 0 Å². The van der Waals surface area contributed by atoms with E-state index in [1.807, 2.05) is 45.3 Å². The molecule has 7 nitrogen and oxygen atoms in total. The molecule has 1 atom stereocenters. The summed E-state index contributed by atoms with van der Waals surface area (Å²) in [4.78, 5) is 14.2. The predicted octanol–water partition coefficient (Wildman–Crippen LogP) is -1.16. The maximum atomic E-state index is 12.8. The number of phenols is 1. The van der Waals surface area contributed by atoms with Crippen molar-refractivity contribution in [1.82, 2.24) is 15.0 Å². The number of aromatic hydroxyl groups is 1. The Bertz CT molecular complexity index is 937. The van der Waals surface area contributed by atoms with Gasteiger partial charge in [-0.05, 0) is 29.8 Å². The molecule has 1 aromatic heterocycles. The van der Waals surface area contributed by atoms with Gasteiger partial charge in [0.2, 0.25) is 0 Å². The Hall–Kier alpha value is -2.48. The number of phenolic OH excluding ortho intramolecular Hbond substituents is 1. The number of likely N-dealkylation sites (N-methyl/N-ethyl adjacent to an activating group) is 1. The zero-order chi connectivity index (χ0) is 19.6. The van der Waals surface area contributed by atoms with Crippen molar-refractivity contribution in [2.75, 3.05) is 33.7 Å². The number of hydrogen-bond acceptors (Lipinski definition) is 5. The fourth-order valence-electron chi connectivity index (χ4n) is 3.11. The van der Waals surface area contributed by atoms with E-state index < -0.39 is 0 Å². The molecule has 0 radical (unpaired) electrons. The number of rotatable bonds is 7. The average Bonchev–Trinajstić information content (AvgIpc) is 3.04. The SMILES string of the molecule is CC(C(=O)C[N+](C)(C)CCN)c1ccc(O)c(-n2nc3ccccc3n2)c1.[Cl-]. The van der Waals surface area contributed by atoms with Crippen LogP contribution in [0.25, 0.3) is 16.7 Å². The van der Waals surface area contributed by atoms with Crippen molar-refractivity contribution in [3.8, 4) is 11.4 Å². The molecule has 3 N–H and O–H groups in total. The molecule has 8 heteroatoms. The molecule has 1 heterocycles. The number of carbonyl (C=O) groups is 1. The minimum atomic E-state index is -0.301. The van der Waals surface area contributed by atoms with Crippen molar-refractivity contribution in [1.29, 1.82) is 0 Å². The van der Waals surface area contributed by atoms with E-state index in [9.17, 15) is 9.90 Å². The summed E-state index contributed by atoms with van der Waals surface area (Å²) in [5.41, 5.74) is 8.40. The Balaban J connectivity index is 0.00000280. The summed E-state index contributed by atoms with van der Waals surface area (Å²) >= 11 is 0. The molecule has 0 saturated carbocycles. The van der Waals surface area contributed by atoms with Crippen molar-refractivity contribution in [3.63, 3.8) is 0 Å². The third-order valence-corrected chi connectivity index (χ3v) is 4.80. The number of hydrogen-bond donors (Lipinski definition) is 2. The molecular formula is C20H26ClN5O2. The Morgan fingerprint density at radius 1 is 1.18 bits per heavy atom. The highest BCUT2D eigenvalue weighted by Gasteiger charge is 2.25. The maximum Gasteiger partial charge on any atom is 0.193 e. The maximum absolute atomic E-state index is 12.8. The van der Waals surface area contributed by atoms with Crippen LogP contribution < -0.4 is 18.1 Å². The molecule has 0 fully saturated rings. The van der Waals surface area contributed by atoms with Gasteiger partial charge in [0.1, 0.15) is 29.0 Å². The lowest BCUT2D eigenvalue weighted by molar-refractivity contribution is -0.880. The summed E-state index contributed by atoms with van der Waals surface area (Å²) in [6.45, 7) is 3.56. The molecule has 3 aromatic rings. The molecule has 2 aromatic carbocycles.